The second kappa shape index (κ2) is 20.8. The van der Waals surface area contributed by atoms with E-state index in [9.17, 15) is 19.2 Å². The van der Waals surface area contributed by atoms with Crippen LogP contribution in [0.2, 0.25) is 39.3 Å². The van der Waals surface area contributed by atoms with Gasteiger partial charge in [0.05, 0.1) is 11.4 Å². The zero-order chi connectivity index (χ0) is 48.6. The maximum absolute atomic E-state index is 13.1. The van der Waals surface area contributed by atoms with Gasteiger partial charge >= 0.3 is 0 Å². The topological polar surface area (TPSA) is 200 Å². The number of hydrogen-bond acceptors (Lipinski definition) is 10. The van der Waals surface area contributed by atoms with E-state index in [0.29, 0.717) is 47.4 Å². The van der Waals surface area contributed by atoms with Crippen LogP contribution in [0.3, 0.4) is 0 Å². The number of rotatable bonds is 8. The van der Waals surface area contributed by atoms with Gasteiger partial charge in [0.25, 0.3) is 23.6 Å². The van der Waals surface area contributed by atoms with E-state index in [1.54, 1.807) is 14.1 Å². The smallest absolute Gasteiger partial charge is 0.291 e. The molecule has 4 amide bonds. The van der Waals surface area contributed by atoms with E-state index in [0.717, 1.165) is 22.3 Å². The fourth-order valence-corrected chi connectivity index (χ4v) is 7.89. The van der Waals surface area contributed by atoms with Crippen LogP contribution >= 0.6 is 0 Å². The van der Waals surface area contributed by atoms with Gasteiger partial charge in [-0.25, -0.2) is 9.97 Å². The number of hydrogen-bond donors (Lipinski definition) is 4. The lowest BCUT2D eigenvalue weighted by Crippen LogP contribution is -2.49. The number of aromatic amines is 2. The Morgan fingerprint density at radius 3 is 1.37 bits per heavy atom. The van der Waals surface area contributed by atoms with E-state index in [1.807, 2.05) is 97.1 Å². The molecular weight excluding hydrogens is 893 g/mol. The molecule has 0 saturated heterocycles. The Kier molecular flexibility index (Phi) is 14.7. The molecule has 0 bridgehead atoms. The molecule has 0 fully saturated rings. The molecule has 8 rings (SSSR count). The molecule has 2 atom stereocenters. The predicted octanol–water partition coefficient (Wildman–Crippen LogP) is 5.56. The van der Waals surface area contributed by atoms with Crippen LogP contribution in [-0.2, 0) is 22.4 Å². The summed E-state index contributed by atoms with van der Waals surface area (Å²) in [5.41, 5.74) is 11.6. The second-order valence-electron chi connectivity index (χ2n) is 18.4. The standard InChI is InChI=1S/2C25H27N5O3Si/c2*1-30-20-14-18(12-13-34(2,3)4)10-11-21(20)33-16-19(25(30)32)26-24(31)23-27-22(28-29-23)15-17-8-6-5-7-9-17/h2*5-11,14,19H,15-16H2,1-4H3,(H,26,31)(H,27,28,29)/t19-;/m1./s1. The van der Waals surface area contributed by atoms with E-state index >= 15 is 0 Å². The molecule has 348 valence electrons. The average molecular weight is 947 g/mol. The van der Waals surface area contributed by atoms with Gasteiger partial charge in [-0.3, -0.25) is 29.4 Å². The van der Waals surface area contributed by atoms with Crippen molar-refractivity contribution in [3.63, 3.8) is 0 Å². The quantitative estimate of drug-likeness (QED) is 0.111. The molecule has 0 spiro atoms. The number of carbonyl (C=O) groups is 4. The van der Waals surface area contributed by atoms with E-state index in [-0.39, 0.29) is 36.7 Å². The van der Waals surface area contributed by atoms with E-state index in [2.05, 4.69) is 103 Å². The Hall–Kier alpha value is -7.81. The Bertz CT molecular complexity index is 2740. The number of H-pyrrole nitrogens is 2. The number of fused-ring (bicyclic) bond motifs is 2. The molecular formula is C50H54N10O6Si2. The molecule has 0 radical (unpaired) electrons. The summed E-state index contributed by atoms with van der Waals surface area (Å²) in [7, 11) is 0.258. The molecule has 4 N–H and O–H groups in total. The van der Waals surface area contributed by atoms with Crippen LogP contribution in [0, 0.1) is 22.9 Å². The summed E-state index contributed by atoms with van der Waals surface area (Å²) in [5, 5.41) is 19.0. The lowest BCUT2D eigenvalue weighted by atomic mass is 10.1. The third-order valence-corrected chi connectivity index (χ3v) is 12.1. The molecule has 1 unspecified atom stereocenters. The zero-order valence-electron chi connectivity index (χ0n) is 39.4. The second-order valence-corrected chi connectivity index (χ2v) is 27.9. The summed E-state index contributed by atoms with van der Waals surface area (Å²) in [6.07, 6.45) is 1.04. The van der Waals surface area contributed by atoms with Crippen molar-refractivity contribution in [1.82, 2.24) is 41.0 Å². The van der Waals surface area contributed by atoms with E-state index < -0.39 is 40.0 Å². The first kappa shape index (κ1) is 48.1. The number of nitrogens with zero attached hydrogens (tertiary/aromatic N) is 6. The van der Waals surface area contributed by atoms with Crippen molar-refractivity contribution in [3.8, 4) is 34.4 Å². The average Bonchev–Trinajstić information content (AvgIpc) is 3.95. The maximum atomic E-state index is 13.1. The van der Waals surface area contributed by atoms with Crippen LogP contribution in [0.4, 0.5) is 11.4 Å². The van der Waals surface area contributed by atoms with Gasteiger partial charge in [0, 0.05) is 38.1 Å². The monoisotopic (exact) mass is 946 g/mol. The summed E-state index contributed by atoms with van der Waals surface area (Å²) in [5.74, 6) is 6.96. The first-order valence-electron chi connectivity index (χ1n) is 22.1. The number of amides is 4. The van der Waals surface area contributed by atoms with Gasteiger partial charge in [0.2, 0.25) is 11.6 Å². The molecule has 2 aliphatic heterocycles. The van der Waals surface area contributed by atoms with Crippen molar-refractivity contribution in [2.24, 2.45) is 0 Å². The van der Waals surface area contributed by atoms with Gasteiger partial charge in [-0.2, -0.15) is 0 Å². The molecule has 4 heterocycles. The van der Waals surface area contributed by atoms with Crippen LogP contribution in [0.15, 0.2) is 97.1 Å². The number of aromatic nitrogens is 6. The minimum atomic E-state index is -1.53. The van der Waals surface area contributed by atoms with Crippen LogP contribution in [0.25, 0.3) is 0 Å². The summed E-state index contributed by atoms with van der Waals surface area (Å²) >= 11 is 0. The summed E-state index contributed by atoms with van der Waals surface area (Å²) in [6.45, 7) is 13.1. The van der Waals surface area contributed by atoms with Gasteiger partial charge in [0.1, 0.15) is 64.6 Å². The predicted molar refractivity (Wildman–Crippen MR) is 265 cm³/mol. The van der Waals surface area contributed by atoms with Gasteiger partial charge in [-0.15, -0.1) is 21.3 Å². The first-order valence-corrected chi connectivity index (χ1v) is 29.1. The molecule has 6 aromatic rings. The number of carbonyl (C=O) groups excluding carboxylic acids is 4. The minimum absolute atomic E-state index is 0.00311. The highest BCUT2D eigenvalue weighted by Crippen LogP contribution is 2.33. The molecule has 0 saturated carbocycles. The van der Waals surface area contributed by atoms with Crippen molar-refractivity contribution in [3.05, 3.63) is 143 Å². The molecule has 4 aromatic carbocycles. The van der Waals surface area contributed by atoms with Crippen LogP contribution < -0.4 is 29.9 Å². The molecule has 18 heteroatoms. The molecule has 68 heavy (non-hydrogen) atoms. The third-order valence-electron chi connectivity index (χ3n) is 10.4. The fraction of sp³-hybridized carbons (Fsp3) is 0.280. The Labute approximate surface area is 397 Å². The van der Waals surface area contributed by atoms with Crippen molar-refractivity contribution < 1.29 is 28.7 Å². The third kappa shape index (κ3) is 12.7. The van der Waals surface area contributed by atoms with Crippen molar-refractivity contribution in [1.29, 1.82) is 0 Å². The van der Waals surface area contributed by atoms with Crippen LogP contribution in [0.5, 0.6) is 11.5 Å². The van der Waals surface area contributed by atoms with Crippen molar-refractivity contribution in [2.45, 2.75) is 64.2 Å². The van der Waals surface area contributed by atoms with Crippen molar-refractivity contribution in [2.75, 3.05) is 37.1 Å². The van der Waals surface area contributed by atoms with Gasteiger partial charge < -0.3 is 29.9 Å². The Morgan fingerprint density at radius 2 is 1.00 bits per heavy atom. The largest absolute Gasteiger partial charge is 0.489 e. The number of ether oxygens (including phenoxy) is 2. The molecule has 0 aliphatic carbocycles. The zero-order valence-corrected chi connectivity index (χ0v) is 41.4. The normalized spacial score (nSPS) is 15.5. The molecule has 2 aliphatic rings. The molecule has 2 aromatic heterocycles. The highest BCUT2D eigenvalue weighted by atomic mass is 28.3. The Balaban J connectivity index is 0.000000201. The van der Waals surface area contributed by atoms with Gasteiger partial charge in [0.15, 0.2) is 0 Å². The number of anilines is 2. The highest BCUT2D eigenvalue weighted by Gasteiger charge is 2.33. The number of benzene rings is 4. The highest BCUT2D eigenvalue weighted by molar-refractivity contribution is 6.84. The lowest BCUT2D eigenvalue weighted by Gasteiger charge is -2.20. The fourth-order valence-electron chi connectivity index (χ4n) is 6.85. The van der Waals surface area contributed by atoms with Crippen molar-refractivity contribution >= 4 is 51.2 Å². The number of likely N-dealkylation sites (N-methyl/N-ethyl adjacent to an activating group) is 2. The van der Waals surface area contributed by atoms with Crippen LogP contribution in [0.1, 0.15) is 55.1 Å². The van der Waals surface area contributed by atoms with Gasteiger partial charge in [-0.05, 0) is 47.5 Å². The SMILES string of the molecule is CN1C(=O)C(NC(=O)c2n[nH]c(Cc3ccccc3)n2)COc2ccc(C#C[Si](C)(C)C)cc21.CN1C(=O)[C@H](NC(=O)c2n[nH]c(Cc3ccccc3)n2)COc2ccc(C#C[Si](C)(C)C)cc21. The number of nitrogens with one attached hydrogen (secondary N) is 4. The lowest BCUT2D eigenvalue weighted by molar-refractivity contribution is -0.121. The molecule has 16 nitrogen and oxygen atoms in total. The van der Waals surface area contributed by atoms with Gasteiger partial charge in [-0.1, -0.05) is 112 Å². The van der Waals surface area contributed by atoms with E-state index in [1.165, 1.54) is 9.80 Å². The van der Waals surface area contributed by atoms with E-state index in [4.69, 9.17) is 9.47 Å². The summed E-state index contributed by atoms with van der Waals surface area (Å²) in [6, 6.07) is 28.8. The van der Waals surface area contributed by atoms with Crippen LogP contribution in [-0.4, -0.2) is 110 Å². The minimum Gasteiger partial charge on any atom is -0.489 e. The first-order chi connectivity index (χ1) is 32.4. The Morgan fingerprint density at radius 1 is 0.618 bits per heavy atom. The summed E-state index contributed by atoms with van der Waals surface area (Å²) in [4.78, 5) is 63.2. The summed E-state index contributed by atoms with van der Waals surface area (Å²) < 4.78 is 11.7. The maximum Gasteiger partial charge on any atom is 0.291 e.